The number of hydrogen-bond acceptors (Lipinski definition) is 6. The molecule has 0 N–H and O–H groups in total. The highest BCUT2D eigenvalue weighted by molar-refractivity contribution is 7.89. The number of rotatable bonds is 5. The van der Waals surface area contributed by atoms with E-state index < -0.39 is 10.0 Å². The molecule has 0 bridgehead atoms. The molecule has 0 spiro atoms. The number of nitrogens with zero attached hydrogens (tertiary/aromatic N) is 3. The van der Waals surface area contributed by atoms with Gasteiger partial charge in [-0.25, -0.2) is 8.42 Å². The molecule has 0 aliphatic carbocycles. The van der Waals surface area contributed by atoms with Crippen LogP contribution in [0.2, 0.25) is 0 Å². The highest BCUT2D eigenvalue weighted by Gasteiger charge is 2.32. The Balaban J connectivity index is 1.78. The first-order chi connectivity index (χ1) is 13.9. The van der Waals surface area contributed by atoms with E-state index in [1.807, 2.05) is 6.07 Å². The van der Waals surface area contributed by atoms with Gasteiger partial charge in [-0.05, 0) is 24.3 Å². The van der Waals surface area contributed by atoms with Crippen molar-refractivity contribution in [3.63, 3.8) is 0 Å². The van der Waals surface area contributed by atoms with Crippen LogP contribution in [-0.2, 0) is 10.0 Å². The lowest BCUT2D eigenvalue weighted by Crippen LogP contribution is -2.50. The number of amides is 1. The van der Waals surface area contributed by atoms with Crippen LogP contribution in [0.1, 0.15) is 15.9 Å². The fraction of sp³-hybridized carbons (Fsp3) is 0.300. The third-order valence-corrected chi connectivity index (χ3v) is 6.74. The second-order valence-electron chi connectivity index (χ2n) is 6.35. The van der Waals surface area contributed by atoms with Crippen molar-refractivity contribution < 1.29 is 22.7 Å². The van der Waals surface area contributed by atoms with Crippen LogP contribution in [-0.4, -0.2) is 63.9 Å². The van der Waals surface area contributed by atoms with Gasteiger partial charge in [0.15, 0.2) is 11.5 Å². The van der Waals surface area contributed by atoms with E-state index in [-0.39, 0.29) is 42.5 Å². The molecule has 2 aromatic carbocycles. The quantitative estimate of drug-likeness (QED) is 0.737. The van der Waals surface area contributed by atoms with Gasteiger partial charge in [-0.2, -0.15) is 9.57 Å². The largest absolute Gasteiger partial charge is 0.493 e. The van der Waals surface area contributed by atoms with Crippen molar-refractivity contribution in [2.45, 2.75) is 4.90 Å². The van der Waals surface area contributed by atoms with Crippen LogP contribution in [0, 0.1) is 11.3 Å². The van der Waals surface area contributed by atoms with Crippen molar-refractivity contribution >= 4 is 15.9 Å². The Hall–Kier alpha value is -3.09. The van der Waals surface area contributed by atoms with E-state index in [1.165, 1.54) is 30.7 Å². The molecule has 2 aromatic rings. The van der Waals surface area contributed by atoms with Crippen molar-refractivity contribution in [2.75, 3.05) is 40.4 Å². The average Bonchev–Trinajstić information content (AvgIpc) is 2.77. The number of hydrogen-bond donors (Lipinski definition) is 0. The Morgan fingerprint density at radius 1 is 1.00 bits per heavy atom. The van der Waals surface area contributed by atoms with Crippen LogP contribution < -0.4 is 9.47 Å². The molecule has 1 amide bonds. The van der Waals surface area contributed by atoms with E-state index in [1.54, 1.807) is 35.2 Å². The van der Waals surface area contributed by atoms with E-state index >= 15 is 0 Å². The van der Waals surface area contributed by atoms with E-state index in [4.69, 9.17) is 9.47 Å². The molecule has 1 fully saturated rings. The van der Waals surface area contributed by atoms with E-state index in [0.29, 0.717) is 17.1 Å². The monoisotopic (exact) mass is 415 g/mol. The number of benzene rings is 2. The summed E-state index contributed by atoms with van der Waals surface area (Å²) in [6.45, 7) is 0.737. The molecule has 1 aliphatic rings. The van der Waals surface area contributed by atoms with Gasteiger partial charge >= 0.3 is 0 Å². The molecule has 1 saturated heterocycles. The molecule has 0 unspecified atom stereocenters. The van der Waals surface area contributed by atoms with Gasteiger partial charge in [-0.1, -0.05) is 18.2 Å². The Kier molecular flexibility index (Phi) is 6.06. The maximum atomic E-state index is 13.0. The maximum absolute atomic E-state index is 13.0. The zero-order valence-electron chi connectivity index (χ0n) is 16.2. The summed E-state index contributed by atoms with van der Waals surface area (Å²) in [6, 6.07) is 13.1. The SMILES string of the molecule is COc1cccc(C(=O)N2CCN(S(=O)(=O)c3ccccc3C#N)CC2)c1OC. The van der Waals surface area contributed by atoms with E-state index in [0.717, 1.165) is 0 Å². The van der Waals surface area contributed by atoms with E-state index in [9.17, 15) is 18.5 Å². The Morgan fingerprint density at radius 2 is 1.69 bits per heavy atom. The smallest absolute Gasteiger partial charge is 0.257 e. The fourth-order valence-electron chi connectivity index (χ4n) is 3.28. The number of methoxy groups -OCH3 is 2. The van der Waals surface area contributed by atoms with Gasteiger partial charge in [0.25, 0.3) is 5.91 Å². The normalized spacial score (nSPS) is 14.9. The Morgan fingerprint density at radius 3 is 2.31 bits per heavy atom. The van der Waals surface area contributed by atoms with Crippen LogP contribution in [0.25, 0.3) is 0 Å². The van der Waals surface area contributed by atoms with Gasteiger partial charge in [0, 0.05) is 26.2 Å². The van der Waals surface area contributed by atoms with Crippen molar-refractivity contribution in [1.82, 2.24) is 9.21 Å². The van der Waals surface area contributed by atoms with Crippen LogP contribution in [0.3, 0.4) is 0 Å². The summed E-state index contributed by atoms with van der Waals surface area (Å²) in [5.41, 5.74) is 0.463. The summed E-state index contributed by atoms with van der Waals surface area (Å²) in [5.74, 6) is 0.542. The van der Waals surface area contributed by atoms with Crippen LogP contribution >= 0.6 is 0 Å². The zero-order chi connectivity index (χ0) is 21.0. The van der Waals surface area contributed by atoms with Crippen molar-refractivity contribution in [1.29, 1.82) is 5.26 Å². The Bertz CT molecular complexity index is 1050. The molecule has 9 heteroatoms. The highest BCUT2D eigenvalue weighted by atomic mass is 32.2. The van der Waals surface area contributed by atoms with Gasteiger partial charge in [0.1, 0.15) is 6.07 Å². The topological polar surface area (TPSA) is 99.9 Å². The standard InChI is InChI=1S/C20H21N3O5S/c1-27-17-8-5-7-16(19(17)28-2)20(24)22-10-12-23(13-11-22)29(25,26)18-9-4-3-6-15(18)14-21/h3-9H,10-13H2,1-2H3. The Labute approximate surface area is 169 Å². The van der Waals surface area contributed by atoms with Gasteiger partial charge in [-0.3, -0.25) is 4.79 Å². The van der Waals surface area contributed by atoms with Crippen molar-refractivity contribution in [3.8, 4) is 17.6 Å². The number of carbonyl (C=O) groups excluding carboxylic acids is 1. The number of ether oxygens (including phenoxy) is 2. The first-order valence-electron chi connectivity index (χ1n) is 8.93. The van der Waals surface area contributed by atoms with Gasteiger partial charge in [-0.15, -0.1) is 0 Å². The van der Waals surface area contributed by atoms with E-state index in [2.05, 4.69) is 0 Å². The first kappa shape index (κ1) is 20.6. The molecule has 3 rings (SSSR count). The van der Waals surface area contributed by atoms with Gasteiger partial charge < -0.3 is 14.4 Å². The molecule has 0 atom stereocenters. The summed E-state index contributed by atoms with van der Waals surface area (Å²) in [4.78, 5) is 14.5. The van der Waals surface area contributed by atoms with Crippen molar-refractivity contribution in [2.24, 2.45) is 0 Å². The molecule has 1 aliphatic heterocycles. The van der Waals surface area contributed by atoms with Gasteiger partial charge in [0.05, 0.1) is 30.2 Å². The molecule has 152 valence electrons. The molecule has 29 heavy (non-hydrogen) atoms. The lowest BCUT2D eigenvalue weighted by atomic mass is 10.1. The fourth-order valence-corrected chi connectivity index (χ4v) is 4.84. The van der Waals surface area contributed by atoms with Crippen LogP contribution in [0.5, 0.6) is 11.5 Å². The third kappa shape index (κ3) is 3.90. The molecule has 1 heterocycles. The molecular weight excluding hydrogens is 394 g/mol. The predicted octanol–water partition coefficient (Wildman–Crippen LogP) is 1.72. The summed E-state index contributed by atoms with van der Waals surface area (Å²) in [7, 11) is -0.855. The summed E-state index contributed by atoms with van der Waals surface area (Å²) in [6.07, 6.45) is 0. The minimum Gasteiger partial charge on any atom is -0.493 e. The molecule has 8 nitrogen and oxygen atoms in total. The highest BCUT2D eigenvalue weighted by Crippen LogP contribution is 2.32. The minimum absolute atomic E-state index is 0.0169. The summed E-state index contributed by atoms with van der Waals surface area (Å²) < 4.78 is 37.7. The molecule has 0 saturated carbocycles. The van der Waals surface area contributed by atoms with Crippen LogP contribution in [0.4, 0.5) is 0 Å². The number of piperazine rings is 1. The first-order valence-corrected chi connectivity index (χ1v) is 10.4. The second-order valence-corrected chi connectivity index (χ2v) is 8.25. The number of carbonyl (C=O) groups is 1. The molecule has 0 radical (unpaired) electrons. The maximum Gasteiger partial charge on any atom is 0.257 e. The lowest BCUT2D eigenvalue weighted by molar-refractivity contribution is 0.0694. The third-order valence-electron chi connectivity index (χ3n) is 4.78. The molecular formula is C20H21N3O5S. The number of sulfonamides is 1. The zero-order valence-corrected chi connectivity index (χ0v) is 17.0. The molecule has 0 aromatic heterocycles. The summed E-state index contributed by atoms with van der Waals surface area (Å²) in [5, 5.41) is 9.21. The minimum atomic E-state index is -3.81. The van der Waals surface area contributed by atoms with Crippen LogP contribution in [0.15, 0.2) is 47.4 Å². The second kappa shape index (κ2) is 8.51. The number of nitriles is 1. The predicted molar refractivity (Wildman–Crippen MR) is 105 cm³/mol. The average molecular weight is 415 g/mol. The lowest BCUT2D eigenvalue weighted by Gasteiger charge is -2.34. The summed E-state index contributed by atoms with van der Waals surface area (Å²) >= 11 is 0. The number of para-hydroxylation sites is 1. The van der Waals surface area contributed by atoms with Gasteiger partial charge in [0.2, 0.25) is 10.0 Å². The van der Waals surface area contributed by atoms with Crippen molar-refractivity contribution in [3.05, 3.63) is 53.6 Å².